The lowest BCUT2D eigenvalue weighted by molar-refractivity contribution is 0.275. The van der Waals surface area contributed by atoms with Crippen LogP contribution in [0, 0.1) is 0 Å². The maximum atomic E-state index is 4.38. The molecule has 0 unspecified atom stereocenters. The van der Waals surface area contributed by atoms with Crippen LogP contribution in [-0.2, 0) is 0 Å². The Hall–Kier alpha value is -0.910. The maximum Gasteiger partial charge on any atom is 0.185 e. The van der Waals surface area contributed by atoms with Gasteiger partial charge in [0.2, 0.25) is 0 Å². The zero-order chi connectivity index (χ0) is 14.6. The summed E-state index contributed by atoms with van der Waals surface area (Å²) in [5.41, 5.74) is 1.43. The first-order valence-electron chi connectivity index (χ1n) is 7.22. The number of nitrogens with one attached hydrogen (secondary N) is 1. The van der Waals surface area contributed by atoms with Gasteiger partial charge in [-0.05, 0) is 26.3 Å². The number of aromatic nitrogens is 1. The first-order valence-corrected chi connectivity index (χ1v) is 8.10. The number of hydrogen-bond acceptors (Lipinski definition) is 5. The molecule has 2 rings (SSSR count). The van der Waals surface area contributed by atoms with E-state index in [1.165, 1.54) is 5.57 Å². The molecule has 4 nitrogen and oxygen atoms in total. The molecule has 1 aliphatic heterocycles. The van der Waals surface area contributed by atoms with Gasteiger partial charge in [-0.1, -0.05) is 6.58 Å². The molecule has 0 bridgehead atoms. The van der Waals surface area contributed by atoms with Gasteiger partial charge in [-0.25, -0.2) is 4.98 Å². The molecule has 1 aromatic heterocycles. The van der Waals surface area contributed by atoms with Crippen molar-refractivity contribution in [2.24, 2.45) is 0 Å². The van der Waals surface area contributed by atoms with Gasteiger partial charge in [0.05, 0.1) is 0 Å². The summed E-state index contributed by atoms with van der Waals surface area (Å²) in [6.07, 6.45) is 1.88. The molecule has 0 amide bonds. The van der Waals surface area contributed by atoms with Crippen LogP contribution in [0.5, 0.6) is 0 Å². The molecule has 2 heterocycles. The van der Waals surface area contributed by atoms with Crippen molar-refractivity contribution in [2.45, 2.75) is 26.3 Å². The van der Waals surface area contributed by atoms with Crippen molar-refractivity contribution in [3.63, 3.8) is 0 Å². The Morgan fingerprint density at radius 1 is 1.35 bits per heavy atom. The van der Waals surface area contributed by atoms with E-state index in [-0.39, 0.29) is 5.54 Å². The summed E-state index contributed by atoms with van der Waals surface area (Å²) in [5, 5.41) is 6.69. The fraction of sp³-hybridized carbons (Fsp3) is 0.667. The van der Waals surface area contributed by atoms with Crippen LogP contribution in [-0.4, -0.2) is 54.7 Å². The molecule has 0 saturated carbocycles. The number of thiazole rings is 1. The van der Waals surface area contributed by atoms with Crippen molar-refractivity contribution in [1.82, 2.24) is 15.2 Å². The van der Waals surface area contributed by atoms with Crippen molar-refractivity contribution in [1.29, 1.82) is 0 Å². The Balaban J connectivity index is 1.70. The lowest BCUT2D eigenvalue weighted by Crippen LogP contribution is -2.47. The molecule has 0 aliphatic carbocycles. The van der Waals surface area contributed by atoms with Gasteiger partial charge >= 0.3 is 0 Å². The molecular weight excluding hydrogens is 268 g/mol. The lowest BCUT2D eigenvalue weighted by atomic mass is 10.1. The topological polar surface area (TPSA) is 31.4 Å². The van der Waals surface area contributed by atoms with Gasteiger partial charge < -0.3 is 10.2 Å². The average Bonchev–Trinajstić information content (AvgIpc) is 2.90. The van der Waals surface area contributed by atoms with Crippen molar-refractivity contribution in [2.75, 3.05) is 44.2 Å². The van der Waals surface area contributed by atoms with Crippen LogP contribution in [0.1, 0.15) is 20.8 Å². The second-order valence-electron chi connectivity index (χ2n) is 6.43. The summed E-state index contributed by atoms with van der Waals surface area (Å²) in [6.45, 7) is 17.0. The van der Waals surface area contributed by atoms with Crippen LogP contribution >= 0.6 is 11.3 Å². The van der Waals surface area contributed by atoms with Crippen molar-refractivity contribution >= 4 is 16.5 Å². The highest BCUT2D eigenvalue weighted by molar-refractivity contribution is 7.13. The molecule has 1 saturated heterocycles. The van der Waals surface area contributed by atoms with E-state index < -0.39 is 0 Å². The lowest BCUT2D eigenvalue weighted by Gasteiger charge is -2.35. The predicted molar refractivity (Wildman–Crippen MR) is 87.7 cm³/mol. The minimum absolute atomic E-state index is 0.159. The van der Waals surface area contributed by atoms with E-state index in [9.17, 15) is 0 Å². The summed E-state index contributed by atoms with van der Waals surface area (Å²) < 4.78 is 0. The molecule has 112 valence electrons. The van der Waals surface area contributed by atoms with Crippen LogP contribution < -0.4 is 10.2 Å². The maximum absolute atomic E-state index is 4.38. The number of piperazine rings is 1. The van der Waals surface area contributed by atoms with Gasteiger partial charge in [0.25, 0.3) is 0 Å². The first-order chi connectivity index (χ1) is 9.44. The second-order valence-corrected chi connectivity index (χ2v) is 7.30. The quantitative estimate of drug-likeness (QED) is 0.844. The summed E-state index contributed by atoms with van der Waals surface area (Å²) in [4.78, 5) is 9.24. The standard InChI is InChI=1S/C15H26N4S/c1-13(11-17-15(2,3)4)12-18-6-8-19(9-7-18)14-16-5-10-20-14/h5,10,17H,1,6-9,11-12H2,2-4H3. The van der Waals surface area contributed by atoms with Gasteiger partial charge in [0, 0.05) is 56.4 Å². The van der Waals surface area contributed by atoms with Gasteiger partial charge in [-0.15, -0.1) is 11.3 Å². The van der Waals surface area contributed by atoms with Gasteiger partial charge in [-0.3, -0.25) is 4.90 Å². The fourth-order valence-corrected chi connectivity index (χ4v) is 2.93. The number of nitrogens with zero attached hydrogens (tertiary/aromatic N) is 3. The highest BCUT2D eigenvalue weighted by Gasteiger charge is 2.19. The molecule has 1 aromatic rings. The zero-order valence-electron chi connectivity index (χ0n) is 12.9. The Morgan fingerprint density at radius 2 is 2.05 bits per heavy atom. The SMILES string of the molecule is C=C(CNC(C)(C)C)CN1CCN(c2nccs2)CC1. The first kappa shape index (κ1) is 15.5. The largest absolute Gasteiger partial charge is 0.346 e. The van der Waals surface area contributed by atoms with Crippen LogP contribution in [0.2, 0.25) is 0 Å². The van der Waals surface area contributed by atoms with Crippen LogP contribution in [0.3, 0.4) is 0 Å². The average molecular weight is 294 g/mol. The Morgan fingerprint density at radius 3 is 2.60 bits per heavy atom. The van der Waals surface area contributed by atoms with E-state index >= 15 is 0 Å². The third-order valence-corrected chi connectivity index (χ3v) is 4.21. The molecule has 0 radical (unpaired) electrons. The highest BCUT2D eigenvalue weighted by atomic mass is 32.1. The summed E-state index contributed by atoms with van der Waals surface area (Å²) >= 11 is 1.72. The van der Waals surface area contributed by atoms with Crippen molar-refractivity contribution in [3.05, 3.63) is 23.7 Å². The Labute approximate surface area is 126 Å². The summed E-state index contributed by atoms with van der Waals surface area (Å²) in [7, 11) is 0. The zero-order valence-corrected chi connectivity index (χ0v) is 13.7. The minimum atomic E-state index is 0.159. The third kappa shape index (κ3) is 4.89. The van der Waals surface area contributed by atoms with E-state index in [2.05, 4.69) is 47.5 Å². The Kier molecular flexibility index (Phi) is 5.18. The van der Waals surface area contributed by atoms with E-state index in [4.69, 9.17) is 0 Å². The molecule has 1 aliphatic rings. The smallest absolute Gasteiger partial charge is 0.185 e. The van der Waals surface area contributed by atoms with E-state index in [0.29, 0.717) is 0 Å². The minimum Gasteiger partial charge on any atom is -0.346 e. The molecule has 0 spiro atoms. The van der Waals surface area contributed by atoms with Gasteiger partial charge in [0.15, 0.2) is 5.13 Å². The Bertz CT molecular complexity index is 414. The monoisotopic (exact) mass is 294 g/mol. The summed E-state index contributed by atoms with van der Waals surface area (Å²) in [5.74, 6) is 0. The normalized spacial score (nSPS) is 17.4. The number of rotatable bonds is 5. The van der Waals surface area contributed by atoms with E-state index in [0.717, 1.165) is 44.4 Å². The summed E-state index contributed by atoms with van der Waals surface area (Å²) in [6, 6.07) is 0. The highest BCUT2D eigenvalue weighted by Crippen LogP contribution is 2.19. The number of anilines is 1. The van der Waals surface area contributed by atoms with Crippen LogP contribution in [0.15, 0.2) is 23.7 Å². The van der Waals surface area contributed by atoms with Crippen LogP contribution in [0.4, 0.5) is 5.13 Å². The fourth-order valence-electron chi connectivity index (χ4n) is 2.23. The van der Waals surface area contributed by atoms with E-state index in [1.54, 1.807) is 11.3 Å². The van der Waals surface area contributed by atoms with Crippen molar-refractivity contribution in [3.8, 4) is 0 Å². The molecule has 20 heavy (non-hydrogen) atoms. The molecular formula is C15H26N4S. The second kappa shape index (κ2) is 6.70. The third-order valence-electron chi connectivity index (χ3n) is 3.38. The molecule has 0 aromatic carbocycles. The molecule has 0 atom stereocenters. The van der Waals surface area contributed by atoms with E-state index in [1.807, 2.05) is 11.6 Å². The van der Waals surface area contributed by atoms with Crippen molar-refractivity contribution < 1.29 is 0 Å². The van der Waals surface area contributed by atoms with Gasteiger partial charge in [0.1, 0.15) is 0 Å². The molecule has 1 fully saturated rings. The number of hydrogen-bond donors (Lipinski definition) is 1. The van der Waals surface area contributed by atoms with Gasteiger partial charge in [-0.2, -0.15) is 0 Å². The molecule has 5 heteroatoms. The van der Waals surface area contributed by atoms with Crippen LogP contribution in [0.25, 0.3) is 0 Å². The molecule has 1 N–H and O–H groups in total. The predicted octanol–water partition coefficient (Wildman–Crippen LogP) is 2.21.